The highest BCUT2D eigenvalue weighted by molar-refractivity contribution is 5.95. The standard InChI is InChI=1S/C30H44N2O3/c1-2-3-4-11-22-35-27-18-16-25(17-19-27)29-30(34)32(26-14-9-6-10-15-26)23-28(33)31(29)21-20-24-12-7-5-8-13-24/h12,16-19,26,29H,2-11,13-15,20-23H2,1H3/t29-/m0/s1. The first kappa shape index (κ1) is 25.8. The summed E-state index contributed by atoms with van der Waals surface area (Å²) in [5, 5.41) is 0. The first-order valence-corrected chi connectivity index (χ1v) is 14.2. The second kappa shape index (κ2) is 13.1. The molecule has 1 heterocycles. The van der Waals surface area contributed by atoms with Gasteiger partial charge >= 0.3 is 0 Å². The fourth-order valence-corrected chi connectivity index (χ4v) is 5.89. The van der Waals surface area contributed by atoms with Crippen molar-refractivity contribution in [1.29, 1.82) is 0 Å². The van der Waals surface area contributed by atoms with Crippen molar-refractivity contribution in [3.63, 3.8) is 0 Å². The predicted molar refractivity (Wildman–Crippen MR) is 140 cm³/mol. The number of piperazine rings is 1. The van der Waals surface area contributed by atoms with Gasteiger partial charge < -0.3 is 14.5 Å². The molecule has 3 aliphatic rings. The van der Waals surface area contributed by atoms with Crippen molar-refractivity contribution in [3.05, 3.63) is 41.5 Å². The van der Waals surface area contributed by atoms with Crippen LogP contribution in [0.5, 0.6) is 5.75 Å². The second-order valence-electron chi connectivity index (χ2n) is 10.6. The van der Waals surface area contributed by atoms with Gasteiger partial charge in [-0.2, -0.15) is 0 Å². The normalized spacial score (nSPS) is 21.9. The molecule has 2 fully saturated rings. The summed E-state index contributed by atoms with van der Waals surface area (Å²) in [5.74, 6) is 1.03. The summed E-state index contributed by atoms with van der Waals surface area (Å²) in [5.41, 5.74) is 2.34. The van der Waals surface area contributed by atoms with E-state index in [1.54, 1.807) is 0 Å². The molecule has 5 heteroatoms. The van der Waals surface area contributed by atoms with E-state index in [9.17, 15) is 9.59 Å². The highest BCUT2D eigenvalue weighted by atomic mass is 16.5. The van der Waals surface area contributed by atoms with Crippen LogP contribution in [0.3, 0.4) is 0 Å². The maximum atomic E-state index is 13.9. The number of nitrogens with zero attached hydrogens (tertiary/aromatic N) is 2. The fraction of sp³-hybridized carbons (Fsp3) is 0.667. The molecule has 0 spiro atoms. The maximum absolute atomic E-state index is 13.9. The van der Waals surface area contributed by atoms with Crippen molar-refractivity contribution in [3.8, 4) is 5.75 Å². The Bertz CT molecular complexity index is 857. The SMILES string of the molecule is CCCCCCOc1ccc([C@H]2C(=O)N(C3CCCCC3)CC(=O)N2CCC2=CCCCC2)cc1. The third-order valence-corrected chi connectivity index (χ3v) is 7.99. The van der Waals surface area contributed by atoms with Crippen molar-refractivity contribution in [1.82, 2.24) is 9.80 Å². The molecule has 4 rings (SSSR count). The van der Waals surface area contributed by atoms with E-state index < -0.39 is 6.04 Å². The van der Waals surface area contributed by atoms with Gasteiger partial charge in [-0.1, -0.05) is 69.2 Å². The second-order valence-corrected chi connectivity index (χ2v) is 10.6. The molecule has 0 unspecified atom stereocenters. The smallest absolute Gasteiger partial charge is 0.250 e. The molecule has 35 heavy (non-hydrogen) atoms. The van der Waals surface area contributed by atoms with Crippen molar-refractivity contribution in [2.24, 2.45) is 0 Å². The molecule has 0 radical (unpaired) electrons. The quantitative estimate of drug-likeness (QED) is 0.265. The zero-order valence-corrected chi connectivity index (χ0v) is 21.7. The molecule has 0 N–H and O–H groups in total. The predicted octanol–water partition coefficient (Wildman–Crippen LogP) is 6.58. The van der Waals surface area contributed by atoms with Crippen LogP contribution in [0.15, 0.2) is 35.9 Å². The molecule has 192 valence electrons. The third-order valence-electron chi connectivity index (χ3n) is 7.99. The summed E-state index contributed by atoms with van der Waals surface area (Å²) in [6.45, 7) is 3.78. The Balaban J connectivity index is 1.48. The van der Waals surface area contributed by atoms with Gasteiger partial charge in [-0.3, -0.25) is 9.59 Å². The molecule has 0 aromatic heterocycles. The molecule has 1 saturated carbocycles. The van der Waals surface area contributed by atoms with Gasteiger partial charge in [-0.15, -0.1) is 0 Å². The van der Waals surface area contributed by atoms with E-state index in [-0.39, 0.29) is 24.4 Å². The van der Waals surface area contributed by atoms with Crippen molar-refractivity contribution < 1.29 is 14.3 Å². The van der Waals surface area contributed by atoms with Crippen LogP contribution >= 0.6 is 0 Å². The number of hydrogen-bond acceptors (Lipinski definition) is 3. The average Bonchev–Trinajstić information content (AvgIpc) is 2.90. The van der Waals surface area contributed by atoms with E-state index in [2.05, 4.69) is 13.0 Å². The number of amides is 2. The minimum absolute atomic E-state index is 0.0906. The Hall–Kier alpha value is -2.30. The molecular weight excluding hydrogens is 436 g/mol. The van der Waals surface area contributed by atoms with E-state index >= 15 is 0 Å². The molecule has 1 aromatic rings. The molecule has 2 aliphatic carbocycles. The Morgan fingerprint density at radius 1 is 0.943 bits per heavy atom. The van der Waals surface area contributed by atoms with Gasteiger partial charge in [0.1, 0.15) is 18.3 Å². The summed E-state index contributed by atoms with van der Waals surface area (Å²) < 4.78 is 5.93. The summed E-state index contributed by atoms with van der Waals surface area (Å²) in [4.78, 5) is 31.1. The van der Waals surface area contributed by atoms with Gasteiger partial charge in [0.25, 0.3) is 5.91 Å². The first-order valence-electron chi connectivity index (χ1n) is 14.2. The summed E-state index contributed by atoms with van der Waals surface area (Å²) in [6, 6.07) is 7.60. The van der Waals surface area contributed by atoms with Crippen LogP contribution in [0.25, 0.3) is 0 Å². The molecule has 0 bridgehead atoms. The minimum atomic E-state index is -0.527. The van der Waals surface area contributed by atoms with Gasteiger partial charge in [0, 0.05) is 12.6 Å². The fourth-order valence-electron chi connectivity index (χ4n) is 5.89. The van der Waals surface area contributed by atoms with Crippen molar-refractivity contribution >= 4 is 11.8 Å². The highest BCUT2D eigenvalue weighted by Crippen LogP contribution is 2.34. The van der Waals surface area contributed by atoms with Crippen LogP contribution < -0.4 is 4.74 Å². The number of carbonyl (C=O) groups is 2. The zero-order valence-electron chi connectivity index (χ0n) is 21.7. The van der Waals surface area contributed by atoms with Gasteiger partial charge in [-0.25, -0.2) is 0 Å². The van der Waals surface area contributed by atoms with E-state index in [0.717, 1.165) is 69.3 Å². The van der Waals surface area contributed by atoms with Crippen molar-refractivity contribution in [2.75, 3.05) is 19.7 Å². The van der Waals surface area contributed by atoms with Crippen LogP contribution in [-0.2, 0) is 9.59 Å². The van der Waals surface area contributed by atoms with Crippen LogP contribution in [0.4, 0.5) is 0 Å². The molecule has 1 saturated heterocycles. The Morgan fingerprint density at radius 3 is 2.46 bits per heavy atom. The largest absolute Gasteiger partial charge is 0.494 e. The summed E-state index contributed by atoms with van der Waals surface area (Å²) in [6.07, 6.45) is 18.2. The average molecular weight is 481 g/mol. The third kappa shape index (κ3) is 6.89. The number of ether oxygens (including phenoxy) is 1. The topological polar surface area (TPSA) is 49.9 Å². The molecule has 1 aromatic carbocycles. The van der Waals surface area contributed by atoms with E-state index in [0.29, 0.717) is 6.54 Å². The first-order chi connectivity index (χ1) is 17.2. The molecular formula is C30H44N2O3. The van der Waals surface area contributed by atoms with E-state index in [1.807, 2.05) is 34.1 Å². The van der Waals surface area contributed by atoms with Crippen LogP contribution in [0.2, 0.25) is 0 Å². The number of benzene rings is 1. The van der Waals surface area contributed by atoms with Gasteiger partial charge in [0.15, 0.2) is 0 Å². The molecule has 2 amide bonds. The molecule has 1 aliphatic heterocycles. The van der Waals surface area contributed by atoms with Crippen LogP contribution in [-0.4, -0.2) is 47.4 Å². The summed E-state index contributed by atoms with van der Waals surface area (Å²) >= 11 is 0. The van der Waals surface area contributed by atoms with Crippen molar-refractivity contribution in [2.45, 2.75) is 109 Å². The van der Waals surface area contributed by atoms with E-state index in [1.165, 1.54) is 44.1 Å². The van der Waals surface area contributed by atoms with Gasteiger partial charge in [0.05, 0.1) is 6.61 Å². The van der Waals surface area contributed by atoms with E-state index in [4.69, 9.17) is 4.74 Å². The van der Waals surface area contributed by atoms with Gasteiger partial charge in [0.2, 0.25) is 5.91 Å². The van der Waals surface area contributed by atoms with Gasteiger partial charge in [-0.05, 0) is 69.1 Å². The van der Waals surface area contributed by atoms with Crippen LogP contribution in [0, 0.1) is 0 Å². The number of allylic oxidation sites excluding steroid dienone is 1. The molecule has 5 nitrogen and oxygen atoms in total. The zero-order chi connectivity index (χ0) is 24.5. The number of carbonyl (C=O) groups excluding carboxylic acids is 2. The Labute approximate surface area is 211 Å². The lowest BCUT2D eigenvalue weighted by atomic mass is 9.91. The van der Waals surface area contributed by atoms with Crippen LogP contribution in [0.1, 0.15) is 108 Å². The Morgan fingerprint density at radius 2 is 1.74 bits per heavy atom. The highest BCUT2D eigenvalue weighted by Gasteiger charge is 2.42. The Kier molecular flexibility index (Phi) is 9.67. The number of rotatable bonds is 11. The number of unbranched alkanes of at least 4 members (excludes halogenated alkanes) is 3. The summed E-state index contributed by atoms with van der Waals surface area (Å²) in [7, 11) is 0. The lowest BCUT2D eigenvalue weighted by molar-refractivity contribution is -0.159. The maximum Gasteiger partial charge on any atom is 0.250 e. The lowest BCUT2D eigenvalue weighted by Crippen LogP contribution is -2.58. The minimum Gasteiger partial charge on any atom is -0.494 e. The lowest BCUT2D eigenvalue weighted by Gasteiger charge is -2.44. The monoisotopic (exact) mass is 480 g/mol. The number of hydrogen-bond donors (Lipinski definition) is 0. The molecule has 1 atom stereocenters.